The van der Waals surface area contributed by atoms with E-state index in [1.807, 2.05) is 19.9 Å². The predicted molar refractivity (Wildman–Crippen MR) is 112 cm³/mol. The van der Waals surface area contributed by atoms with Gasteiger partial charge in [-0.25, -0.2) is 4.98 Å². The number of nitrogens with zero attached hydrogens (tertiary/aromatic N) is 2. The molecule has 0 aliphatic carbocycles. The van der Waals surface area contributed by atoms with Gasteiger partial charge in [0.1, 0.15) is 16.5 Å². The Morgan fingerprint density at radius 1 is 1.10 bits per heavy atom. The van der Waals surface area contributed by atoms with Crippen LogP contribution in [0.1, 0.15) is 45.7 Å². The highest BCUT2D eigenvalue weighted by Crippen LogP contribution is 2.27. The van der Waals surface area contributed by atoms with Crippen LogP contribution < -0.4 is 15.4 Å². The van der Waals surface area contributed by atoms with Crippen LogP contribution in [0.2, 0.25) is 0 Å². The molecular formula is C21H22N4O3S. The molecule has 0 aliphatic rings. The Bertz CT molecular complexity index is 988. The Hall–Kier alpha value is -3.26. The van der Waals surface area contributed by atoms with Crippen LogP contribution in [0.3, 0.4) is 0 Å². The van der Waals surface area contributed by atoms with Crippen molar-refractivity contribution < 1.29 is 14.3 Å². The van der Waals surface area contributed by atoms with Gasteiger partial charge in [-0.2, -0.15) is 0 Å². The van der Waals surface area contributed by atoms with Gasteiger partial charge < -0.3 is 15.4 Å². The molecule has 0 saturated heterocycles. The zero-order chi connectivity index (χ0) is 20.8. The van der Waals surface area contributed by atoms with Crippen molar-refractivity contribution in [2.24, 2.45) is 5.92 Å². The van der Waals surface area contributed by atoms with E-state index in [0.717, 1.165) is 0 Å². The van der Waals surface area contributed by atoms with E-state index in [9.17, 15) is 9.59 Å². The van der Waals surface area contributed by atoms with Crippen molar-refractivity contribution in [1.82, 2.24) is 15.3 Å². The standard InChI is InChI=1S/C21H22N4O3S/c1-13(2)18(25-19(26)15-8-4-5-9-17(15)28-3)21-24-16(12-29-21)20(27)23-14-7-6-10-22-11-14/h4-13,18H,1-3H3,(H,23,27)(H,25,26)/t18-/m0/s1. The first kappa shape index (κ1) is 20.5. The van der Waals surface area contributed by atoms with Crippen molar-refractivity contribution in [3.8, 4) is 5.75 Å². The molecule has 2 N–H and O–H groups in total. The molecule has 0 aliphatic heterocycles. The number of ether oxygens (including phenoxy) is 1. The summed E-state index contributed by atoms with van der Waals surface area (Å²) in [7, 11) is 1.53. The Kier molecular flexibility index (Phi) is 6.56. The number of methoxy groups -OCH3 is 1. The van der Waals surface area contributed by atoms with Crippen molar-refractivity contribution in [1.29, 1.82) is 0 Å². The predicted octanol–water partition coefficient (Wildman–Crippen LogP) is 3.93. The van der Waals surface area contributed by atoms with Gasteiger partial charge in [0.15, 0.2) is 0 Å². The van der Waals surface area contributed by atoms with Crippen LogP contribution in [0.5, 0.6) is 5.75 Å². The normalized spacial score (nSPS) is 11.7. The lowest BCUT2D eigenvalue weighted by molar-refractivity contribution is 0.0922. The number of anilines is 1. The summed E-state index contributed by atoms with van der Waals surface area (Å²) in [5.74, 6) is 0.00833. The summed E-state index contributed by atoms with van der Waals surface area (Å²) in [6.07, 6.45) is 3.20. The van der Waals surface area contributed by atoms with Crippen LogP contribution in [-0.4, -0.2) is 28.9 Å². The second-order valence-corrected chi connectivity index (χ2v) is 7.55. The van der Waals surface area contributed by atoms with E-state index in [0.29, 0.717) is 27.7 Å². The van der Waals surface area contributed by atoms with Crippen LogP contribution >= 0.6 is 11.3 Å². The van der Waals surface area contributed by atoms with Crippen molar-refractivity contribution >= 4 is 28.8 Å². The van der Waals surface area contributed by atoms with E-state index >= 15 is 0 Å². The van der Waals surface area contributed by atoms with E-state index in [4.69, 9.17) is 4.74 Å². The molecule has 150 valence electrons. The molecule has 2 amide bonds. The summed E-state index contributed by atoms with van der Waals surface area (Å²) in [5.41, 5.74) is 1.34. The smallest absolute Gasteiger partial charge is 0.275 e. The molecule has 7 nitrogen and oxygen atoms in total. The maximum Gasteiger partial charge on any atom is 0.275 e. The van der Waals surface area contributed by atoms with Gasteiger partial charge in [-0.15, -0.1) is 11.3 Å². The van der Waals surface area contributed by atoms with Gasteiger partial charge in [0, 0.05) is 11.6 Å². The average Bonchev–Trinajstić information content (AvgIpc) is 3.22. The number of para-hydroxylation sites is 1. The SMILES string of the molecule is COc1ccccc1C(=O)N[C@H](c1nc(C(=O)Nc2cccnc2)cs1)C(C)C. The molecule has 29 heavy (non-hydrogen) atoms. The van der Waals surface area contributed by atoms with E-state index in [1.54, 1.807) is 48.1 Å². The van der Waals surface area contributed by atoms with E-state index < -0.39 is 0 Å². The minimum Gasteiger partial charge on any atom is -0.496 e. The number of carbonyl (C=O) groups is 2. The van der Waals surface area contributed by atoms with Gasteiger partial charge in [-0.05, 0) is 30.2 Å². The fourth-order valence-corrected chi connectivity index (χ4v) is 3.75. The third-order valence-electron chi connectivity index (χ3n) is 4.24. The summed E-state index contributed by atoms with van der Waals surface area (Å²) >= 11 is 1.34. The molecule has 1 aromatic carbocycles. The maximum atomic E-state index is 12.8. The molecule has 3 rings (SSSR count). The summed E-state index contributed by atoms with van der Waals surface area (Å²) in [4.78, 5) is 33.7. The summed E-state index contributed by atoms with van der Waals surface area (Å²) < 4.78 is 5.27. The number of aromatic nitrogens is 2. The number of amides is 2. The van der Waals surface area contributed by atoms with E-state index in [1.165, 1.54) is 18.4 Å². The Morgan fingerprint density at radius 3 is 2.59 bits per heavy atom. The second-order valence-electron chi connectivity index (χ2n) is 6.66. The first-order valence-corrected chi connectivity index (χ1v) is 9.98. The van der Waals surface area contributed by atoms with Crippen LogP contribution in [-0.2, 0) is 0 Å². The van der Waals surface area contributed by atoms with Gasteiger partial charge in [0.2, 0.25) is 0 Å². The summed E-state index contributed by atoms with van der Waals surface area (Å²) in [6, 6.07) is 10.2. The molecule has 2 aromatic heterocycles. The molecule has 2 heterocycles. The average molecular weight is 410 g/mol. The first-order valence-electron chi connectivity index (χ1n) is 9.10. The molecule has 0 spiro atoms. The number of hydrogen-bond acceptors (Lipinski definition) is 6. The van der Waals surface area contributed by atoms with E-state index in [-0.39, 0.29) is 23.8 Å². The number of nitrogens with one attached hydrogen (secondary N) is 2. The fraction of sp³-hybridized carbons (Fsp3) is 0.238. The van der Waals surface area contributed by atoms with Crippen molar-refractivity contribution in [3.63, 3.8) is 0 Å². The second kappa shape index (κ2) is 9.29. The third kappa shape index (κ3) is 4.97. The number of benzene rings is 1. The van der Waals surface area contributed by atoms with Crippen molar-refractivity contribution in [3.05, 3.63) is 70.4 Å². The lowest BCUT2D eigenvalue weighted by Crippen LogP contribution is -2.32. The molecule has 0 bridgehead atoms. The summed E-state index contributed by atoms with van der Waals surface area (Å²) in [5, 5.41) is 8.13. The van der Waals surface area contributed by atoms with Crippen LogP contribution in [0, 0.1) is 5.92 Å². The Morgan fingerprint density at radius 2 is 1.90 bits per heavy atom. The number of pyridine rings is 1. The number of rotatable bonds is 7. The van der Waals surface area contributed by atoms with E-state index in [2.05, 4.69) is 20.6 Å². The monoisotopic (exact) mass is 410 g/mol. The summed E-state index contributed by atoms with van der Waals surface area (Å²) in [6.45, 7) is 3.98. The highest BCUT2D eigenvalue weighted by atomic mass is 32.1. The molecular weight excluding hydrogens is 388 g/mol. The van der Waals surface area contributed by atoms with Gasteiger partial charge in [0.25, 0.3) is 11.8 Å². The topological polar surface area (TPSA) is 93.2 Å². The zero-order valence-corrected chi connectivity index (χ0v) is 17.2. The first-order chi connectivity index (χ1) is 14.0. The van der Waals surface area contributed by atoms with Crippen molar-refractivity contribution in [2.75, 3.05) is 12.4 Å². The highest BCUT2D eigenvalue weighted by molar-refractivity contribution is 7.10. The fourth-order valence-electron chi connectivity index (χ4n) is 2.73. The Balaban J connectivity index is 1.76. The quantitative estimate of drug-likeness (QED) is 0.616. The lowest BCUT2D eigenvalue weighted by Gasteiger charge is -2.21. The molecule has 0 saturated carbocycles. The van der Waals surface area contributed by atoms with Gasteiger partial charge >= 0.3 is 0 Å². The minimum absolute atomic E-state index is 0.0778. The molecule has 0 unspecified atom stereocenters. The van der Waals surface area contributed by atoms with Gasteiger partial charge in [-0.3, -0.25) is 14.6 Å². The number of carbonyl (C=O) groups excluding carboxylic acids is 2. The van der Waals surface area contributed by atoms with Gasteiger partial charge in [0.05, 0.1) is 30.6 Å². The molecule has 8 heteroatoms. The third-order valence-corrected chi connectivity index (χ3v) is 5.17. The minimum atomic E-state index is -0.336. The van der Waals surface area contributed by atoms with Crippen LogP contribution in [0.15, 0.2) is 54.2 Å². The Labute approximate surface area is 173 Å². The maximum absolute atomic E-state index is 12.8. The highest BCUT2D eigenvalue weighted by Gasteiger charge is 2.24. The van der Waals surface area contributed by atoms with Gasteiger partial charge in [-0.1, -0.05) is 26.0 Å². The van der Waals surface area contributed by atoms with Crippen molar-refractivity contribution in [2.45, 2.75) is 19.9 Å². The largest absolute Gasteiger partial charge is 0.496 e. The molecule has 0 radical (unpaired) electrons. The molecule has 0 fully saturated rings. The number of thiazole rings is 1. The molecule has 1 atom stereocenters. The van der Waals surface area contributed by atoms with Crippen LogP contribution in [0.25, 0.3) is 0 Å². The number of hydrogen-bond donors (Lipinski definition) is 2. The van der Waals surface area contributed by atoms with Crippen LogP contribution in [0.4, 0.5) is 5.69 Å². The lowest BCUT2D eigenvalue weighted by atomic mass is 10.0. The zero-order valence-electron chi connectivity index (χ0n) is 16.4. The molecule has 3 aromatic rings.